The van der Waals surface area contributed by atoms with E-state index in [0.29, 0.717) is 0 Å². The van der Waals surface area contributed by atoms with Crippen molar-refractivity contribution in [2.75, 3.05) is 26.2 Å². The summed E-state index contributed by atoms with van der Waals surface area (Å²) in [4.78, 5) is 23.9. The zero-order valence-electron chi connectivity index (χ0n) is 14.2. The van der Waals surface area contributed by atoms with Gasteiger partial charge < -0.3 is 15.5 Å². The van der Waals surface area contributed by atoms with Crippen molar-refractivity contribution >= 4 is 11.9 Å². The van der Waals surface area contributed by atoms with E-state index < -0.39 is 17.4 Å². The molecule has 2 unspecified atom stereocenters. The van der Waals surface area contributed by atoms with E-state index in [1.54, 1.807) is 0 Å². The Bertz CT molecular complexity index is 481. The van der Waals surface area contributed by atoms with Crippen LogP contribution in [0.4, 0.5) is 0 Å². The predicted molar refractivity (Wildman–Crippen MR) is 89.4 cm³/mol. The Morgan fingerprint density at radius 2 is 1.96 bits per heavy atom. The first-order chi connectivity index (χ1) is 10.8. The third-order valence-electron chi connectivity index (χ3n) is 4.45. The highest BCUT2D eigenvalue weighted by Crippen LogP contribution is 2.31. The van der Waals surface area contributed by atoms with Gasteiger partial charge in [0.05, 0.1) is 5.41 Å². The molecule has 6 heteroatoms. The van der Waals surface area contributed by atoms with Gasteiger partial charge in [-0.05, 0) is 26.7 Å². The van der Waals surface area contributed by atoms with E-state index >= 15 is 0 Å². The number of carbonyl (C=O) groups is 2. The Morgan fingerprint density at radius 1 is 1.35 bits per heavy atom. The van der Waals surface area contributed by atoms with Crippen molar-refractivity contribution in [1.29, 1.82) is 0 Å². The fourth-order valence-electron chi connectivity index (χ4n) is 2.57. The van der Waals surface area contributed by atoms with Crippen LogP contribution in [0.5, 0.6) is 0 Å². The third kappa shape index (κ3) is 5.80. The summed E-state index contributed by atoms with van der Waals surface area (Å²) in [6.45, 7) is 10.9. The number of nitrogens with zero attached hydrogens (tertiary/aromatic N) is 1. The molecule has 0 bridgehead atoms. The molecule has 0 radical (unpaired) electrons. The standard InChI is InChI=1S/C9H10O4.C8H18N2/c1-9(8(12)13)4-2-3-6(5-9)7(10)11;1-3-8(2)10-6-4-9-5-7-10/h2-4H,5H2,1H3,(H,10,11)(H,12,13);8-9H,3-7H2,1-2H3. The predicted octanol–water partition coefficient (Wildman–Crippen LogP) is 1.74. The van der Waals surface area contributed by atoms with Gasteiger partial charge in [-0.25, -0.2) is 4.79 Å². The maximum absolute atomic E-state index is 10.8. The summed E-state index contributed by atoms with van der Waals surface area (Å²) in [6.07, 6.45) is 5.71. The highest BCUT2D eigenvalue weighted by atomic mass is 16.4. The Kier molecular flexibility index (Phi) is 7.45. The second kappa shape index (κ2) is 8.84. The van der Waals surface area contributed by atoms with Crippen molar-refractivity contribution in [2.45, 2.75) is 39.7 Å². The van der Waals surface area contributed by atoms with Crippen molar-refractivity contribution in [1.82, 2.24) is 10.2 Å². The van der Waals surface area contributed by atoms with Gasteiger partial charge in [-0.2, -0.15) is 0 Å². The number of aliphatic carboxylic acids is 2. The van der Waals surface area contributed by atoms with Crippen molar-refractivity contribution < 1.29 is 19.8 Å². The lowest BCUT2D eigenvalue weighted by Gasteiger charge is -2.32. The molecule has 1 heterocycles. The summed E-state index contributed by atoms with van der Waals surface area (Å²) in [5.74, 6) is -2.06. The molecule has 6 nitrogen and oxygen atoms in total. The van der Waals surface area contributed by atoms with Crippen molar-refractivity contribution in [3.63, 3.8) is 0 Å². The summed E-state index contributed by atoms with van der Waals surface area (Å²) in [7, 11) is 0. The minimum atomic E-state index is -1.08. The zero-order chi connectivity index (χ0) is 17.5. The average Bonchev–Trinajstić information content (AvgIpc) is 2.55. The van der Waals surface area contributed by atoms with Gasteiger partial charge in [0.25, 0.3) is 0 Å². The molecule has 1 aliphatic heterocycles. The molecular formula is C17H28N2O4. The van der Waals surface area contributed by atoms with Crippen LogP contribution >= 0.6 is 0 Å². The number of rotatable bonds is 4. The van der Waals surface area contributed by atoms with Crippen LogP contribution in [0.2, 0.25) is 0 Å². The minimum absolute atomic E-state index is 0.0359. The molecule has 3 N–H and O–H groups in total. The molecule has 0 aromatic carbocycles. The van der Waals surface area contributed by atoms with Crippen molar-refractivity contribution in [2.24, 2.45) is 5.41 Å². The number of hydrogen-bond donors (Lipinski definition) is 3. The molecule has 0 aromatic rings. The Labute approximate surface area is 137 Å². The summed E-state index contributed by atoms with van der Waals surface area (Å²) >= 11 is 0. The summed E-state index contributed by atoms with van der Waals surface area (Å²) in [6, 6.07) is 0.780. The van der Waals surface area contributed by atoms with Crippen LogP contribution in [0.25, 0.3) is 0 Å². The first kappa shape index (κ1) is 19.4. The molecule has 2 atom stereocenters. The van der Waals surface area contributed by atoms with Gasteiger partial charge in [0, 0.05) is 37.8 Å². The van der Waals surface area contributed by atoms with Crippen molar-refractivity contribution in [3.05, 3.63) is 23.8 Å². The first-order valence-electron chi connectivity index (χ1n) is 8.10. The first-order valence-corrected chi connectivity index (χ1v) is 8.10. The molecule has 130 valence electrons. The molecule has 0 aromatic heterocycles. The van der Waals surface area contributed by atoms with Gasteiger partial charge in [-0.3, -0.25) is 9.69 Å². The van der Waals surface area contributed by atoms with E-state index in [0.717, 1.165) is 6.04 Å². The quantitative estimate of drug-likeness (QED) is 0.730. The molecule has 1 aliphatic carbocycles. The maximum atomic E-state index is 10.8. The second-order valence-corrected chi connectivity index (χ2v) is 6.30. The molecule has 0 amide bonds. The number of carboxylic acids is 2. The number of carboxylic acid groups (broad SMARTS) is 2. The minimum Gasteiger partial charge on any atom is -0.481 e. The molecular weight excluding hydrogens is 296 g/mol. The lowest BCUT2D eigenvalue weighted by Crippen LogP contribution is -2.47. The highest BCUT2D eigenvalue weighted by Gasteiger charge is 2.34. The van der Waals surface area contributed by atoms with Crippen LogP contribution < -0.4 is 5.32 Å². The Morgan fingerprint density at radius 3 is 2.43 bits per heavy atom. The Hall–Kier alpha value is -1.66. The van der Waals surface area contributed by atoms with Gasteiger partial charge in [-0.1, -0.05) is 25.2 Å². The molecule has 2 rings (SSSR count). The van der Waals surface area contributed by atoms with Crippen LogP contribution in [-0.2, 0) is 9.59 Å². The largest absolute Gasteiger partial charge is 0.481 e. The topological polar surface area (TPSA) is 89.9 Å². The van der Waals surface area contributed by atoms with E-state index in [-0.39, 0.29) is 12.0 Å². The summed E-state index contributed by atoms with van der Waals surface area (Å²) in [5.41, 5.74) is -0.949. The molecule has 1 saturated heterocycles. The number of piperazine rings is 1. The molecule has 23 heavy (non-hydrogen) atoms. The molecule has 0 spiro atoms. The second-order valence-electron chi connectivity index (χ2n) is 6.30. The molecule has 1 fully saturated rings. The van der Waals surface area contributed by atoms with Gasteiger partial charge >= 0.3 is 11.9 Å². The van der Waals surface area contributed by atoms with Crippen LogP contribution in [0.1, 0.15) is 33.6 Å². The fourth-order valence-corrected chi connectivity index (χ4v) is 2.57. The number of hydrogen-bond acceptors (Lipinski definition) is 4. The fraction of sp³-hybridized carbons (Fsp3) is 0.647. The van der Waals surface area contributed by atoms with Gasteiger partial charge in [0.2, 0.25) is 0 Å². The summed E-state index contributed by atoms with van der Waals surface area (Å²) in [5, 5.41) is 20.8. The number of allylic oxidation sites excluding steroid dienone is 2. The normalized spacial score (nSPS) is 25.8. The average molecular weight is 324 g/mol. The SMILES string of the molecule is CC1(C(=O)O)C=CC=C(C(=O)O)C1.CCC(C)N1CCNCC1. The number of nitrogens with one attached hydrogen (secondary N) is 1. The monoisotopic (exact) mass is 324 g/mol. The van der Waals surface area contributed by atoms with E-state index in [9.17, 15) is 9.59 Å². The van der Waals surface area contributed by atoms with Crippen LogP contribution in [0.15, 0.2) is 23.8 Å². The van der Waals surface area contributed by atoms with Gasteiger partial charge in [0.1, 0.15) is 0 Å². The van der Waals surface area contributed by atoms with Crippen LogP contribution in [-0.4, -0.2) is 59.3 Å². The smallest absolute Gasteiger partial charge is 0.331 e. The van der Waals surface area contributed by atoms with E-state index in [4.69, 9.17) is 10.2 Å². The zero-order valence-corrected chi connectivity index (χ0v) is 14.2. The lowest BCUT2D eigenvalue weighted by molar-refractivity contribution is -0.145. The van der Waals surface area contributed by atoms with Gasteiger partial charge in [0.15, 0.2) is 0 Å². The van der Waals surface area contributed by atoms with Gasteiger partial charge in [-0.15, -0.1) is 0 Å². The highest BCUT2D eigenvalue weighted by molar-refractivity contribution is 5.90. The lowest BCUT2D eigenvalue weighted by atomic mass is 9.80. The van der Waals surface area contributed by atoms with E-state index in [2.05, 4.69) is 24.1 Å². The van der Waals surface area contributed by atoms with Crippen molar-refractivity contribution in [3.8, 4) is 0 Å². The Balaban J connectivity index is 0.000000238. The summed E-state index contributed by atoms with van der Waals surface area (Å²) < 4.78 is 0. The maximum Gasteiger partial charge on any atom is 0.331 e. The van der Waals surface area contributed by atoms with Crippen LogP contribution in [0.3, 0.4) is 0 Å². The molecule has 0 saturated carbocycles. The van der Waals surface area contributed by atoms with E-state index in [1.807, 2.05) is 0 Å². The molecule has 2 aliphatic rings. The van der Waals surface area contributed by atoms with Crippen LogP contribution in [0, 0.1) is 5.41 Å². The third-order valence-corrected chi connectivity index (χ3v) is 4.45. The van der Waals surface area contributed by atoms with E-state index in [1.165, 1.54) is 57.8 Å².